The highest BCUT2D eigenvalue weighted by molar-refractivity contribution is 7.86. The zero-order valence-corrected chi connectivity index (χ0v) is 15.6. The first kappa shape index (κ1) is 20.7. The number of carbonyl (C=O) groups is 2. The van der Waals surface area contributed by atoms with Gasteiger partial charge in [0.15, 0.2) is 0 Å². The van der Waals surface area contributed by atoms with Gasteiger partial charge in [-0.05, 0) is 52.4 Å². The van der Waals surface area contributed by atoms with E-state index >= 15 is 0 Å². The number of carbonyl (C=O) groups excluding carboxylic acids is 2. The highest BCUT2D eigenvalue weighted by Crippen LogP contribution is 2.30. The lowest BCUT2D eigenvalue weighted by atomic mass is 9.82. The molecule has 0 aliphatic heterocycles. The van der Waals surface area contributed by atoms with Crippen molar-refractivity contribution in [2.24, 2.45) is 5.92 Å². The molecule has 24 heavy (non-hydrogen) atoms. The van der Waals surface area contributed by atoms with Crippen molar-refractivity contribution in [3.05, 3.63) is 0 Å². The second-order valence-corrected chi connectivity index (χ2v) is 8.58. The lowest BCUT2D eigenvalue weighted by molar-refractivity contribution is -0.145. The number of esters is 1. The molecule has 1 aliphatic carbocycles. The fraction of sp³-hybridized carbons (Fsp3) is 0.867. The zero-order chi connectivity index (χ0) is 18.5. The Morgan fingerprint density at radius 1 is 1.12 bits per heavy atom. The predicted molar refractivity (Wildman–Crippen MR) is 86.8 cm³/mol. The molecule has 1 fully saturated rings. The van der Waals surface area contributed by atoms with Crippen LogP contribution in [-0.4, -0.2) is 51.6 Å². The molecule has 0 radical (unpaired) electrons. The van der Waals surface area contributed by atoms with Gasteiger partial charge in [0, 0.05) is 0 Å². The van der Waals surface area contributed by atoms with E-state index in [1.54, 1.807) is 20.8 Å². The molecule has 8 nitrogen and oxygen atoms in total. The van der Waals surface area contributed by atoms with Gasteiger partial charge in [-0.1, -0.05) is 0 Å². The molecule has 0 aromatic heterocycles. The fourth-order valence-electron chi connectivity index (χ4n) is 2.70. The third kappa shape index (κ3) is 7.48. The van der Waals surface area contributed by atoms with Crippen LogP contribution in [0.15, 0.2) is 0 Å². The normalized spacial score (nSPS) is 23.2. The Morgan fingerprint density at radius 3 is 2.08 bits per heavy atom. The minimum atomic E-state index is -3.50. The average Bonchev–Trinajstić information content (AvgIpc) is 2.41. The summed E-state index contributed by atoms with van der Waals surface area (Å²) in [5, 5.41) is 2.56. The van der Waals surface area contributed by atoms with Crippen LogP contribution in [0.4, 0.5) is 4.79 Å². The van der Waals surface area contributed by atoms with Crippen molar-refractivity contribution in [2.45, 2.75) is 64.2 Å². The lowest BCUT2D eigenvalue weighted by Crippen LogP contribution is -2.49. The van der Waals surface area contributed by atoms with Gasteiger partial charge in [0.25, 0.3) is 10.1 Å². The predicted octanol–water partition coefficient (Wildman–Crippen LogP) is 1.59. The molecule has 0 spiro atoms. The Hall–Kier alpha value is -1.35. The first-order valence-electron chi connectivity index (χ1n) is 7.87. The van der Waals surface area contributed by atoms with E-state index in [-0.39, 0.29) is 5.92 Å². The van der Waals surface area contributed by atoms with E-state index < -0.39 is 39.9 Å². The summed E-state index contributed by atoms with van der Waals surface area (Å²) >= 11 is 0. The quantitative estimate of drug-likeness (QED) is 0.582. The summed E-state index contributed by atoms with van der Waals surface area (Å²) in [6.45, 7) is 5.19. The number of alkyl carbamates (subject to hydrolysis) is 1. The summed E-state index contributed by atoms with van der Waals surface area (Å²) < 4.78 is 37.3. The Balaban J connectivity index is 2.67. The zero-order valence-electron chi connectivity index (χ0n) is 14.8. The molecule has 9 heteroatoms. The number of nitrogens with one attached hydrogen (secondary N) is 1. The molecular weight excluding hydrogens is 338 g/mol. The second-order valence-electron chi connectivity index (χ2n) is 6.98. The van der Waals surface area contributed by atoms with Gasteiger partial charge >= 0.3 is 12.1 Å². The third-order valence-corrected chi connectivity index (χ3v) is 4.25. The molecule has 1 atom stereocenters. The van der Waals surface area contributed by atoms with E-state index in [0.717, 1.165) is 6.26 Å². The minimum absolute atomic E-state index is 0.163. The molecule has 1 N–H and O–H groups in total. The first-order valence-corrected chi connectivity index (χ1v) is 9.68. The maximum atomic E-state index is 12.0. The van der Waals surface area contributed by atoms with E-state index in [1.165, 1.54) is 7.11 Å². The topological polar surface area (TPSA) is 108 Å². The van der Waals surface area contributed by atoms with Crippen LogP contribution in [-0.2, 0) is 28.6 Å². The van der Waals surface area contributed by atoms with Crippen molar-refractivity contribution in [2.75, 3.05) is 13.4 Å². The molecular formula is C15H27NO7S. The lowest BCUT2D eigenvalue weighted by Gasteiger charge is -2.32. The van der Waals surface area contributed by atoms with E-state index in [2.05, 4.69) is 5.32 Å². The molecule has 0 aromatic carbocycles. The number of amides is 1. The molecule has 1 amide bonds. The van der Waals surface area contributed by atoms with Crippen LogP contribution < -0.4 is 5.32 Å². The van der Waals surface area contributed by atoms with Gasteiger partial charge in [-0.2, -0.15) is 8.42 Å². The summed E-state index contributed by atoms with van der Waals surface area (Å²) in [6, 6.07) is -0.830. The van der Waals surface area contributed by atoms with E-state index in [4.69, 9.17) is 13.7 Å². The Bertz CT molecular complexity index is 545. The van der Waals surface area contributed by atoms with Crippen LogP contribution in [0.1, 0.15) is 46.5 Å². The molecule has 0 aromatic rings. The Kier molecular flexibility index (Phi) is 7.03. The van der Waals surface area contributed by atoms with Crippen molar-refractivity contribution < 1.29 is 31.7 Å². The van der Waals surface area contributed by atoms with Crippen molar-refractivity contribution in [1.29, 1.82) is 0 Å². The summed E-state index contributed by atoms with van der Waals surface area (Å²) in [5.74, 6) is -0.710. The second kappa shape index (κ2) is 8.15. The van der Waals surface area contributed by atoms with Crippen molar-refractivity contribution in [3.8, 4) is 0 Å². The molecule has 0 heterocycles. The Labute approximate surface area is 143 Å². The number of ether oxygens (including phenoxy) is 2. The van der Waals surface area contributed by atoms with Crippen LogP contribution in [0.3, 0.4) is 0 Å². The fourth-order valence-corrected chi connectivity index (χ4v) is 3.38. The van der Waals surface area contributed by atoms with Crippen LogP contribution >= 0.6 is 0 Å². The average molecular weight is 365 g/mol. The summed E-state index contributed by atoms with van der Waals surface area (Å²) in [7, 11) is -2.25. The van der Waals surface area contributed by atoms with Gasteiger partial charge in [0.2, 0.25) is 0 Å². The molecule has 1 rings (SSSR count). The van der Waals surface area contributed by atoms with Crippen LogP contribution in [0.25, 0.3) is 0 Å². The summed E-state index contributed by atoms with van der Waals surface area (Å²) in [5.41, 5.74) is -0.675. The van der Waals surface area contributed by atoms with E-state index in [0.29, 0.717) is 25.7 Å². The van der Waals surface area contributed by atoms with Crippen molar-refractivity contribution in [3.63, 3.8) is 0 Å². The maximum absolute atomic E-state index is 12.0. The van der Waals surface area contributed by atoms with Gasteiger partial charge in [0.1, 0.15) is 11.6 Å². The van der Waals surface area contributed by atoms with Crippen LogP contribution in [0.2, 0.25) is 0 Å². The molecule has 1 aliphatic rings. The number of hydrogen-bond acceptors (Lipinski definition) is 7. The summed E-state index contributed by atoms with van der Waals surface area (Å²) in [4.78, 5) is 23.9. The summed E-state index contributed by atoms with van der Waals surface area (Å²) in [6.07, 6.45) is 1.98. The highest BCUT2D eigenvalue weighted by atomic mass is 32.2. The third-order valence-electron chi connectivity index (χ3n) is 3.63. The Morgan fingerprint density at radius 2 is 1.67 bits per heavy atom. The molecule has 0 saturated heterocycles. The van der Waals surface area contributed by atoms with Gasteiger partial charge in [-0.15, -0.1) is 0 Å². The SMILES string of the molecule is COC(=O)[C@@H](NC(=O)OC(C)(C)C)[C@H]1CC[C@@H](OS(C)(=O)=O)CC1. The molecule has 0 bridgehead atoms. The van der Waals surface area contributed by atoms with Crippen molar-refractivity contribution in [1.82, 2.24) is 5.32 Å². The largest absolute Gasteiger partial charge is 0.467 e. The first-order chi connectivity index (χ1) is 10.9. The van der Waals surface area contributed by atoms with Gasteiger partial charge in [0.05, 0.1) is 19.5 Å². The monoisotopic (exact) mass is 365 g/mol. The van der Waals surface area contributed by atoms with Crippen molar-refractivity contribution >= 4 is 22.2 Å². The minimum Gasteiger partial charge on any atom is -0.467 e. The van der Waals surface area contributed by atoms with Crippen LogP contribution in [0, 0.1) is 5.92 Å². The molecule has 140 valence electrons. The smallest absolute Gasteiger partial charge is 0.408 e. The van der Waals surface area contributed by atoms with Crippen LogP contribution in [0.5, 0.6) is 0 Å². The van der Waals surface area contributed by atoms with Gasteiger partial charge < -0.3 is 14.8 Å². The maximum Gasteiger partial charge on any atom is 0.408 e. The highest BCUT2D eigenvalue weighted by Gasteiger charge is 2.36. The van der Waals surface area contributed by atoms with E-state index in [1.807, 2.05) is 0 Å². The standard InChI is InChI=1S/C15H27NO7S/c1-15(2,3)22-14(18)16-12(13(17)21-4)10-6-8-11(9-7-10)23-24(5,19)20/h10-12H,6-9H2,1-5H3,(H,16,18)/t10-,11+,12-/m0/s1. The number of rotatable bonds is 5. The molecule has 0 unspecified atom stereocenters. The molecule has 1 saturated carbocycles. The number of hydrogen-bond donors (Lipinski definition) is 1. The van der Waals surface area contributed by atoms with Gasteiger partial charge in [-0.3, -0.25) is 4.18 Å². The number of methoxy groups -OCH3 is 1. The van der Waals surface area contributed by atoms with E-state index in [9.17, 15) is 18.0 Å². The van der Waals surface area contributed by atoms with Gasteiger partial charge in [-0.25, -0.2) is 9.59 Å².